The van der Waals surface area contributed by atoms with Crippen molar-refractivity contribution < 1.29 is 9.50 Å². The first-order valence-corrected chi connectivity index (χ1v) is 7.32. The number of aliphatic hydroxyl groups is 1. The molecule has 0 aliphatic heterocycles. The maximum absolute atomic E-state index is 13.4. The molecule has 0 spiro atoms. The zero-order chi connectivity index (χ0) is 15.7. The Morgan fingerprint density at radius 1 is 1.19 bits per heavy atom. The van der Waals surface area contributed by atoms with Crippen LogP contribution < -0.4 is 0 Å². The van der Waals surface area contributed by atoms with Gasteiger partial charge in [0.2, 0.25) is 0 Å². The number of nitrogens with zero attached hydrogens (tertiary/aromatic N) is 2. The lowest BCUT2D eigenvalue weighted by molar-refractivity contribution is 0.234. The summed E-state index contributed by atoms with van der Waals surface area (Å²) in [4.78, 5) is 4.50. The highest BCUT2D eigenvalue weighted by atomic mass is 19.1. The third-order valence-corrected chi connectivity index (χ3v) is 3.17. The van der Waals surface area contributed by atoms with Gasteiger partial charge in [0.25, 0.3) is 0 Å². The summed E-state index contributed by atoms with van der Waals surface area (Å²) in [5.74, 6) is 5.14. The fourth-order valence-electron chi connectivity index (χ4n) is 2.11. The van der Waals surface area contributed by atoms with Crippen LogP contribution in [0.4, 0.5) is 4.39 Å². The molecule has 0 aliphatic rings. The maximum Gasteiger partial charge on any atom is 0.124 e. The minimum absolute atomic E-state index is 0.213. The van der Waals surface area contributed by atoms with Crippen LogP contribution in [0.25, 0.3) is 0 Å². The van der Waals surface area contributed by atoms with Crippen molar-refractivity contribution in [2.24, 2.45) is 0 Å². The summed E-state index contributed by atoms with van der Waals surface area (Å²) in [5.41, 5.74) is 1.67. The highest BCUT2D eigenvalue weighted by Crippen LogP contribution is 2.13. The van der Waals surface area contributed by atoms with Crippen molar-refractivity contribution in [2.75, 3.05) is 40.3 Å². The van der Waals surface area contributed by atoms with Gasteiger partial charge in [-0.15, -0.1) is 0 Å². The van der Waals surface area contributed by atoms with Gasteiger partial charge in [0.05, 0.1) is 0 Å². The van der Waals surface area contributed by atoms with Crippen LogP contribution in [0.5, 0.6) is 0 Å². The molecular weight excluding hydrogens is 267 g/mol. The molecule has 0 aliphatic carbocycles. The topological polar surface area (TPSA) is 26.7 Å². The van der Waals surface area contributed by atoms with Crippen molar-refractivity contribution in [1.82, 2.24) is 9.80 Å². The molecule has 0 atom stereocenters. The Morgan fingerprint density at radius 3 is 2.57 bits per heavy atom. The van der Waals surface area contributed by atoms with E-state index >= 15 is 0 Å². The van der Waals surface area contributed by atoms with Gasteiger partial charge in [0.15, 0.2) is 0 Å². The predicted octanol–water partition coefficient (Wildman–Crippen LogP) is 1.94. The van der Waals surface area contributed by atoms with Crippen molar-refractivity contribution in [1.29, 1.82) is 0 Å². The van der Waals surface area contributed by atoms with Crippen molar-refractivity contribution in [3.05, 3.63) is 35.1 Å². The molecule has 0 amide bonds. The molecule has 3 nitrogen and oxygen atoms in total. The summed E-state index contributed by atoms with van der Waals surface area (Å²) >= 11 is 0. The zero-order valence-corrected chi connectivity index (χ0v) is 13.2. The molecule has 21 heavy (non-hydrogen) atoms. The Balaban J connectivity index is 2.86. The Hall–Kier alpha value is -1.41. The first-order valence-electron chi connectivity index (χ1n) is 7.32. The first-order chi connectivity index (χ1) is 10.1. The molecule has 1 rings (SSSR count). The van der Waals surface area contributed by atoms with E-state index in [0.717, 1.165) is 38.2 Å². The maximum atomic E-state index is 13.4. The van der Waals surface area contributed by atoms with Crippen molar-refractivity contribution in [3.63, 3.8) is 0 Å². The fraction of sp³-hybridized carbons (Fsp3) is 0.529. The van der Waals surface area contributed by atoms with E-state index in [1.807, 2.05) is 0 Å². The Labute approximate surface area is 127 Å². The lowest BCUT2D eigenvalue weighted by Crippen LogP contribution is -2.32. The van der Waals surface area contributed by atoms with Gasteiger partial charge in [-0.3, -0.25) is 4.90 Å². The van der Waals surface area contributed by atoms with Crippen LogP contribution in [0.1, 0.15) is 24.5 Å². The summed E-state index contributed by atoms with van der Waals surface area (Å²) in [6.45, 7) is 5.63. The lowest BCUT2D eigenvalue weighted by atomic mass is 10.1. The standard InChI is InChI=1S/C17H25FN2O/c1-4-9-20(11-10-19(2)3)14-16-7-8-17(18)13-15(16)6-5-12-21/h7-8,13,21H,4,9-12,14H2,1-3H3. The molecule has 1 N–H and O–H groups in total. The number of likely N-dealkylation sites (N-methyl/N-ethyl adjacent to an activating group) is 1. The number of rotatable bonds is 7. The van der Waals surface area contributed by atoms with E-state index in [1.54, 1.807) is 6.07 Å². The fourth-order valence-corrected chi connectivity index (χ4v) is 2.11. The van der Waals surface area contributed by atoms with E-state index < -0.39 is 0 Å². The molecule has 116 valence electrons. The molecule has 0 saturated carbocycles. The minimum atomic E-state index is -0.295. The second-order valence-electron chi connectivity index (χ2n) is 5.34. The highest BCUT2D eigenvalue weighted by Gasteiger charge is 2.09. The van der Waals surface area contributed by atoms with Crippen LogP contribution in [0.3, 0.4) is 0 Å². The van der Waals surface area contributed by atoms with Crippen LogP contribution in [0.15, 0.2) is 18.2 Å². The molecule has 0 bridgehead atoms. The Morgan fingerprint density at radius 2 is 1.95 bits per heavy atom. The third-order valence-electron chi connectivity index (χ3n) is 3.17. The number of benzene rings is 1. The Kier molecular flexibility index (Phi) is 7.99. The van der Waals surface area contributed by atoms with Crippen molar-refractivity contribution >= 4 is 0 Å². The van der Waals surface area contributed by atoms with E-state index in [4.69, 9.17) is 5.11 Å². The van der Waals surface area contributed by atoms with Gasteiger partial charge in [-0.25, -0.2) is 4.39 Å². The van der Waals surface area contributed by atoms with Gasteiger partial charge in [-0.1, -0.05) is 24.8 Å². The first kappa shape index (κ1) is 17.6. The van der Waals surface area contributed by atoms with Crippen LogP contribution in [-0.4, -0.2) is 55.2 Å². The largest absolute Gasteiger partial charge is 0.384 e. The molecule has 1 aromatic carbocycles. The second-order valence-corrected chi connectivity index (χ2v) is 5.34. The number of hydrogen-bond donors (Lipinski definition) is 1. The Bertz CT molecular complexity index is 491. The zero-order valence-electron chi connectivity index (χ0n) is 13.2. The van der Waals surface area contributed by atoms with Crippen LogP contribution in [0.2, 0.25) is 0 Å². The van der Waals surface area contributed by atoms with E-state index in [-0.39, 0.29) is 12.4 Å². The molecule has 1 aromatic rings. The number of hydrogen-bond acceptors (Lipinski definition) is 3. The third kappa shape index (κ3) is 6.72. The molecule has 0 radical (unpaired) electrons. The smallest absolute Gasteiger partial charge is 0.124 e. The van der Waals surface area contributed by atoms with Gasteiger partial charge in [0.1, 0.15) is 12.4 Å². The van der Waals surface area contributed by atoms with Gasteiger partial charge >= 0.3 is 0 Å². The van der Waals surface area contributed by atoms with Crippen LogP contribution in [0, 0.1) is 17.7 Å². The summed E-state index contributed by atoms with van der Waals surface area (Å²) in [6.07, 6.45) is 1.08. The van der Waals surface area contributed by atoms with Crippen molar-refractivity contribution in [3.8, 4) is 11.8 Å². The number of halogens is 1. The number of aliphatic hydroxyl groups excluding tert-OH is 1. The molecule has 4 heteroatoms. The molecule has 0 aromatic heterocycles. The molecule has 0 fully saturated rings. The monoisotopic (exact) mass is 292 g/mol. The molecular formula is C17H25FN2O. The summed E-state index contributed by atoms with van der Waals surface area (Å²) < 4.78 is 13.4. The normalized spacial score (nSPS) is 10.8. The van der Waals surface area contributed by atoms with Gasteiger partial charge in [0, 0.05) is 25.2 Å². The van der Waals surface area contributed by atoms with Gasteiger partial charge in [-0.2, -0.15) is 0 Å². The van der Waals surface area contributed by atoms with Crippen molar-refractivity contribution in [2.45, 2.75) is 19.9 Å². The molecule has 0 heterocycles. The van der Waals surface area contributed by atoms with E-state index in [0.29, 0.717) is 5.56 Å². The van der Waals surface area contributed by atoms with Gasteiger partial charge in [-0.05, 0) is 44.8 Å². The SMILES string of the molecule is CCCN(CCN(C)C)Cc1ccc(F)cc1C#CCO. The summed E-state index contributed by atoms with van der Waals surface area (Å²) in [7, 11) is 4.11. The molecule has 0 saturated heterocycles. The van der Waals surface area contributed by atoms with E-state index in [2.05, 4.69) is 42.7 Å². The van der Waals surface area contributed by atoms with E-state index in [1.165, 1.54) is 12.1 Å². The summed E-state index contributed by atoms with van der Waals surface area (Å²) in [6, 6.07) is 4.69. The predicted molar refractivity (Wildman–Crippen MR) is 84.5 cm³/mol. The highest BCUT2D eigenvalue weighted by molar-refractivity contribution is 5.41. The average Bonchev–Trinajstić information content (AvgIpc) is 2.45. The van der Waals surface area contributed by atoms with Crippen LogP contribution >= 0.6 is 0 Å². The quantitative estimate of drug-likeness (QED) is 0.778. The van der Waals surface area contributed by atoms with Gasteiger partial charge < -0.3 is 10.0 Å². The minimum Gasteiger partial charge on any atom is -0.384 e. The van der Waals surface area contributed by atoms with E-state index in [9.17, 15) is 4.39 Å². The molecule has 0 unspecified atom stereocenters. The second kappa shape index (κ2) is 9.51. The van der Waals surface area contributed by atoms with Crippen LogP contribution in [-0.2, 0) is 6.54 Å². The average molecular weight is 292 g/mol. The lowest BCUT2D eigenvalue weighted by Gasteiger charge is -2.24. The summed E-state index contributed by atoms with van der Waals surface area (Å²) in [5, 5.41) is 8.82.